The van der Waals surface area contributed by atoms with Crippen molar-refractivity contribution in [1.82, 2.24) is 13.7 Å². The van der Waals surface area contributed by atoms with Crippen LogP contribution in [0.25, 0.3) is 94.0 Å². The summed E-state index contributed by atoms with van der Waals surface area (Å²) >= 11 is 0. The van der Waals surface area contributed by atoms with Crippen LogP contribution in [0.1, 0.15) is 0 Å². The lowest BCUT2D eigenvalue weighted by Crippen LogP contribution is -2.01. The number of rotatable bonds is 5. The summed E-state index contributed by atoms with van der Waals surface area (Å²) in [6.07, 6.45) is 0. The van der Waals surface area contributed by atoms with Crippen LogP contribution in [0.15, 0.2) is 200 Å². The van der Waals surface area contributed by atoms with Crippen molar-refractivity contribution < 1.29 is 0 Å². The van der Waals surface area contributed by atoms with E-state index in [1.54, 1.807) is 0 Å². The van der Waals surface area contributed by atoms with Gasteiger partial charge in [-0.15, -0.1) is 0 Å². The summed E-state index contributed by atoms with van der Waals surface area (Å²) in [6, 6.07) is 72.7. The predicted octanol–water partition coefficient (Wildman–Crippen LogP) is 13.2. The van der Waals surface area contributed by atoms with E-state index in [4.69, 9.17) is 0 Å². The minimum atomic E-state index is 1.12. The van der Waals surface area contributed by atoms with Gasteiger partial charge in [-0.1, -0.05) is 140 Å². The van der Waals surface area contributed by atoms with Crippen molar-refractivity contribution in [1.29, 1.82) is 0 Å². The van der Waals surface area contributed by atoms with E-state index >= 15 is 0 Å². The zero-order valence-corrected chi connectivity index (χ0v) is 28.9. The van der Waals surface area contributed by atoms with Gasteiger partial charge >= 0.3 is 0 Å². The fraction of sp³-hybridized carbons (Fsp3) is 0. The summed E-state index contributed by atoms with van der Waals surface area (Å²) in [6.45, 7) is 0. The summed E-state index contributed by atoms with van der Waals surface area (Å²) in [7, 11) is 0. The number of nitrogens with zero attached hydrogens (tertiary/aromatic N) is 3. The Bertz CT molecular complexity index is 3150. The second-order valence-corrected chi connectivity index (χ2v) is 13.8. The minimum Gasteiger partial charge on any atom is -0.309 e. The van der Waals surface area contributed by atoms with Gasteiger partial charge in [0.25, 0.3) is 0 Å². The maximum absolute atomic E-state index is 2.48. The molecular formula is C50H33N3. The molecule has 3 heterocycles. The number of aromatic nitrogens is 3. The van der Waals surface area contributed by atoms with Crippen molar-refractivity contribution in [3.8, 4) is 39.4 Å². The van der Waals surface area contributed by atoms with Crippen molar-refractivity contribution >= 4 is 54.5 Å². The molecule has 53 heavy (non-hydrogen) atoms. The third-order valence-corrected chi connectivity index (χ3v) is 10.8. The zero-order valence-electron chi connectivity index (χ0n) is 28.9. The highest BCUT2D eigenvalue weighted by Gasteiger charge is 2.22. The number of para-hydroxylation sites is 3. The molecule has 11 rings (SSSR count). The molecule has 0 unspecified atom stereocenters. The smallest absolute Gasteiger partial charge is 0.0788 e. The standard InChI is InChI=1S/C50H33N3/c1-4-15-34(16-5-1)36-28-30-47-44(31-36)42-24-11-12-25-45(42)51(47)39-21-14-22-40(33-39)53-46-26-13-10-23-41(46)43-29-27-37-32-48(35-17-6-2-7-18-35)52(49(37)50(43)53)38-19-8-3-9-20-38/h1-33H. The first kappa shape index (κ1) is 29.6. The Hall–Kier alpha value is -7.10. The van der Waals surface area contributed by atoms with Crippen LogP contribution in [0.4, 0.5) is 0 Å². The van der Waals surface area contributed by atoms with E-state index in [0.29, 0.717) is 0 Å². The molecule has 0 aliphatic carbocycles. The van der Waals surface area contributed by atoms with Crippen molar-refractivity contribution in [3.63, 3.8) is 0 Å². The SMILES string of the molecule is c1ccc(-c2ccc3c(c2)c2ccccc2n3-c2cccc(-n3c4ccccc4c4ccc5cc(-c6ccccc6)n(-c6ccccc6)c5c43)c2)cc1. The minimum absolute atomic E-state index is 1.12. The van der Waals surface area contributed by atoms with Crippen molar-refractivity contribution in [2.75, 3.05) is 0 Å². The Kier molecular flexibility index (Phi) is 6.55. The average molecular weight is 676 g/mol. The Morgan fingerprint density at radius 3 is 1.57 bits per heavy atom. The van der Waals surface area contributed by atoms with Crippen molar-refractivity contribution in [2.45, 2.75) is 0 Å². The monoisotopic (exact) mass is 675 g/mol. The highest BCUT2D eigenvalue weighted by molar-refractivity contribution is 6.19. The molecule has 0 bridgehead atoms. The quantitative estimate of drug-likeness (QED) is 0.172. The highest BCUT2D eigenvalue weighted by Crippen LogP contribution is 2.42. The van der Waals surface area contributed by atoms with Gasteiger partial charge in [-0.2, -0.15) is 0 Å². The zero-order chi connectivity index (χ0) is 34.9. The normalized spacial score (nSPS) is 11.8. The lowest BCUT2D eigenvalue weighted by molar-refractivity contribution is 1.11. The number of hydrogen-bond acceptors (Lipinski definition) is 0. The molecule has 0 atom stereocenters. The summed E-state index contributed by atoms with van der Waals surface area (Å²) in [5, 5.41) is 6.18. The third kappa shape index (κ3) is 4.54. The van der Waals surface area contributed by atoms with Crippen molar-refractivity contribution in [3.05, 3.63) is 200 Å². The van der Waals surface area contributed by atoms with E-state index in [-0.39, 0.29) is 0 Å². The number of fused-ring (bicyclic) bond motifs is 8. The lowest BCUT2D eigenvalue weighted by atomic mass is 10.0. The van der Waals surface area contributed by atoms with Crippen LogP contribution in [0.3, 0.4) is 0 Å². The molecule has 0 aliphatic rings. The summed E-state index contributed by atoms with van der Waals surface area (Å²) in [5.74, 6) is 0. The van der Waals surface area contributed by atoms with E-state index < -0.39 is 0 Å². The van der Waals surface area contributed by atoms with Crippen LogP contribution < -0.4 is 0 Å². The third-order valence-electron chi connectivity index (χ3n) is 10.8. The largest absolute Gasteiger partial charge is 0.309 e. The molecule has 0 N–H and O–H groups in total. The van der Waals surface area contributed by atoms with Crippen LogP contribution in [-0.4, -0.2) is 13.7 Å². The second-order valence-electron chi connectivity index (χ2n) is 13.8. The number of benzene rings is 8. The molecule has 0 saturated carbocycles. The van der Waals surface area contributed by atoms with Gasteiger partial charge in [0.2, 0.25) is 0 Å². The first-order chi connectivity index (χ1) is 26.3. The molecule has 0 saturated heterocycles. The summed E-state index contributed by atoms with van der Waals surface area (Å²) in [4.78, 5) is 0. The van der Waals surface area contributed by atoms with Crippen LogP contribution >= 0.6 is 0 Å². The summed E-state index contributed by atoms with van der Waals surface area (Å²) in [5.41, 5.74) is 14.2. The van der Waals surface area contributed by atoms with Crippen LogP contribution in [0.2, 0.25) is 0 Å². The molecule has 8 aromatic carbocycles. The van der Waals surface area contributed by atoms with E-state index in [2.05, 4.69) is 214 Å². The second kappa shape index (κ2) is 11.7. The number of hydrogen-bond donors (Lipinski definition) is 0. The predicted molar refractivity (Wildman–Crippen MR) is 223 cm³/mol. The fourth-order valence-electron chi connectivity index (χ4n) is 8.51. The van der Waals surface area contributed by atoms with E-state index in [9.17, 15) is 0 Å². The molecule has 3 aromatic heterocycles. The van der Waals surface area contributed by atoms with Gasteiger partial charge in [-0.3, -0.25) is 0 Å². The first-order valence-corrected chi connectivity index (χ1v) is 18.2. The molecule has 248 valence electrons. The Morgan fingerprint density at radius 1 is 0.264 bits per heavy atom. The summed E-state index contributed by atoms with van der Waals surface area (Å²) < 4.78 is 7.35. The Morgan fingerprint density at radius 2 is 0.830 bits per heavy atom. The van der Waals surface area contributed by atoms with Gasteiger partial charge in [0.05, 0.1) is 33.3 Å². The van der Waals surface area contributed by atoms with Gasteiger partial charge in [0.1, 0.15) is 0 Å². The van der Waals surface area contributed by atoms with Gasteiger partial charge in [0.15, 0.2) is 0 Å². The average Bonchev–Trinajstić information content (AvgIpc) is 3.90. The maximum Gasteiger partial charge on any atom is 0.0788 e. The Labute approximate surface area is 306 Å². The van der Waals surface area contributed by atoms with Gasteiger partial charge in [0, 0.05) is 44.0 Å². The molecule has 0 amide bonds. The lowest BCUT2D eigenvalue weighted by Gasteiger charge is -2.15. The van der Waals surface area contributed by atoms with Crippen LogP contribution in [0, 0.1) is 0 Å². The van der Waals surface area contributed by atoms with Gasteiger partial charge in [-0.25, -0.2) is 0 Å². The van der Waals surface area contributed by atoms with E-state index in [1.165, 1.54) is 76.9 Å². The molecule has 0 radical (unpaired) electrons. The van der Waals surface area contributed by atoms with Crippen LogP contribution in [0.5, 0.6) is 0 Å². The topological polar surface area (TPSA) is 14.8 Å². The molecule has 0 fully saturated rings. The van der Waals surface area contributed by atoms with Gasteiger partial charge < -0.3 is 13.7 Å². The molecule has 3 heteroatoms. The van der Waals surface area contributed by atoms with Crippen molar-refractivity contribution in [2.24, 2.45) is 0 Å². The molecule has 3 nitrogen and oxygen atoms in total. The molecule has 11 aromatic rings. The molecule has 0 spiro atoms. The molecule has 0 aliphatic heterocycles. The Balaban J connectivity index is 1.20. The van der Waals surface area contributed by atoms with E-state index in [1.807, 2.05) is 0 Å². The molecular weight excluding hydrogens is 643 g/mol. The fourth-order valence-corrected chi connectivity index (χ4v) is 8.51. The van der Waals surface area contributed by atoms with Gasteiger partial charge in [-0.05, 0) is 77.4 Å². The highest BCUT2D eigenvalue weighted by atomic mass is 15.1. The first-order valence-electron chi connectivity index (χ1n) is 18.2. The van der Waals surface area contributed by atoms with E-state index in [0.717, 1.165) is 17.1 Å². The maximum atomic E-state index is 2.48. The van der Waals surface area contributed by atoms with Crippen LogP contribution in [-0.2, 0) is 0 Å².